The molecule has 2 aliphatic heterocycles. The first-order valence-electron chi connectivity index (χ1n) is 8.86. The van der Waals surface area contributed by atoms with Gasteiger partial charge in [-0.1, -0.05) is 0 Å². The highest BCUT2D eigenvalue weighted by molar-refractivity contribution is 5.94. The highest BCUT2D eigenvalue weighted by Gasteiger charge is 2.42. The number of ether oxygens (including phenoxy) is 2. The molecule has 0 N–H and O–H groups in total. The van der Waals surface area contributed by atoms with Crippen LogP contribution in [0.25, 0.3) is 0 Å². The van der Waals surface area contributed by atoms with E-state index in [2.05, 4.69) is 4.98 Å². The molecule has 1 aliphatic carbocycles. The number of fused-ring (bicyclic) bond motifs is 1. The Morgan fingerprint density at radius 3 is 2.96 bits per heavy atom. The summed E-state index contributed by atoms with van der Waals surface area (Å²) in [5.74, 6) is -0.0559. The Labute approximate surface area is 141 Å². The van der Waals surface area contributed by atoms with Gasteiger partial charge in [0.15, 0.2) is 5.82 Å². The van der Waals surface area contributed by atoms with Crippen molar-refractivity contribution in [3.8, 4) is 0 Å². The van der Waals surface area contributed by atoms with Crippen LogP contribution in [0.3, 0.4) is 0 Å². The van der Waals surface area contributed by atoms with Crippen LogP contribution in [0.1, 0.15) is 42.5 Å². The molecule has 3 fully saturated rings. The maximum absolute atomic E-state index is 13.8. The zero-order chi connectivity index (χ0) is 16.5. The number of carbonyl (C=O) groups is 1. The number of hydrogen-bond acceptors (Lipinski definition) is 4. The molecule has 1 saturated carbocycles. The van der Waals surface area contributed by atoms with Crippen LogP contribution >= 0.6 is 0 Å². The summed E-state index contributed by atoms with van der Waals surface area (Å²) in [5.41, 5.74) is 0.0977. The Morgan fingerprint density at radius 1 is 1.29 bits per heavy atom. The molecular formula is C18H23FN2O3. The van der Waals surface area contributed by atoms with Crippen LogP contribution in [0.15, 0.2) is 18.5 Å². The average Bonchev–Trinajstić information content (AvgIpc) is 3.32. The van der Waals surface area contributed by atoms with Crippen molar-refractivity contribution in [2.45, 2.75) is 50.4 Å². The van der Waals surface area contributed by atoms with Crippen LogP contribution in [0, 0.1) is 11.7 Å². The van der Waals surface area contributed by atoms with Crippen LogP contribution in [-0.2, 0) is 9.47 Å². The molecule has 1 unspecified atom stereocenters. The quantitative estimate of drug-likeness (QED) is 0.830. The predicted molar refractivity (Wildman–Crippen MR) is 85.1 cm³/mol. The van der Waals surface area contributed by atoms with Crippen molar-refractivity contribution in [2.24, 2.45) is 5.92 Å². The van der Waals surface area contributed by atoms with Crippen LogP contribution in [0.4, 0.5) is 4.39 Å². The maximum Gasteiger partial charge on any atom is 0.257 e. The van der Waals surface area contributed by atoms with Crippen molar-refractivity contribution in [1.29, 1.82) is 0 Å². The van der Waals surface area contributed by atoms with Gasteiger partial charge in [0, 0.05) is 19.3 Å². The van der Waals surface area contributed by atoms with E-state index in [0.29, 0.717) is 13.2 Å². The number of nitrogens with zero attached hydrogens (tertiary/aromatic N) is 2. The maximum atomic E-state index is 13.8. The van der Waals surface area contributed by atoms with E-state index in [0.717, 1.165) is 38.0 Å². The zero-order valence-electron chi connectivity index (χ0n) is 13.7. The Kier molecular flexibility index (Phi) is 4.50. The van der Waals surface area contributed by atoms with Gasteiger partial charge in [-0.25, -0.2) is 4.39 Å². The number of halogens is 1. The van der Waals surface area contributed by atoms with E-state index < -0.39 is 5.82 Å². The minimum atomic E-state index is -0.561. The van der Waals surface area contributed by atoms with Gasteiger partial charge >= 0.3 is 0 Å². The molecule has 1 amide bonds. The molecule has 6 heteroatoms. The summed E-state index contributed by atoms with van der Waals surface area (Å²) in [7, 11) is 0. The van der Waals surface area contributed by atoms with Crippen molar-refractivity contribution in [3.63, 3.8) is 0 Å². The highest BCUT2D eigenvalue weighted by atomic mass is 19.1. The number of rotatable bonds is 5. The summed E-state index contributed by atoms with van der Waals surface area (Å²) < 4.78 is 25.7. The van der Waals surface area contributed by atoms with Crippen molar-refractivity contribution in [1.82, 2.24) is 9.88 Å². The fourth-order valence-electron chi connectivity index (χ4n) is 3.73. The largest absolute Gasteiger partial charge is 0.378 e. The second-order valence-corrected chi connectivity index (χ2v) is 7.06. The zero-order valence-corrected chi connectivity index (χ0v) is 13.7. The van der Waals surface area contributed by atoms with Crippen molar-refractivity contribution >= 4 is 5.91 Å². The predicted octanol–water partition coefficient (Wildman–Crippen LogP) is 2.41. The van der Waals surface area contributed by atoms with E-state index in [1.807, 2.05) is 0 Å². The summed E-state index contributed by atoms with van der Waals surface area (Å²) >= 11 is 0. The van der Waals surface area contributed by atoms with Crippen molar-refractivity contribution in [3.05, 3.63) is 29.8 Å². The van der Waals surface area contributed by atoms with Crippen LogP contribution < -0.4 is 0 Å². The summed E-state index contributed by atoms with van der Waals surface area (Å²) in [4.78, 5) is 18.1. The number of amides is 1. The van der Waals surface area contributed by atoms with E-state index in [1.54, 1.807) is 4.90 Å². The van der Waals surface area contributed by atoms with Gasteiger partial charge in [0.25, 0.3) is 5.91 Å². The number of carbonyl (C=O) groups excluding carboxylic acids is 1. The minimum absolute atomic E-state index is 0.0436. The first-order chi connectivity index (χ1) is 11.7. The average molecular weight is 334 g/mol. The standard InChI is InChI=1S/C18H23FN2O3/c19-15-9-20-7-5-14(15)18(22)21-8-6-17-16(21)4-3-13(24-17)11-23-10-12-1-2-12/h5,7,9,12-13,16-17H,1-4,6,8,10-11H2/t13?,16-,17-/m0/s1. The molecule has 4 rings (SSSR count). The third kappa shape index (κ3) is 3.30. The summed E-state index contributed by atoms with van der Waals surface area (Å²) in [6, 6.07) is 1.49. The lowest BCUT2D eigenvalue weighted by atomic mass is 9.99. The Hall–Kier alpha value is -1.53. The van der Waals surface area contributed by atoms with Gasteiger partial charge in [-0.3, -0.25) is 9.78 Å². The SMILES string of the molecule is O=C(c1ccncc1F)N1CC[C@@H]2OC(COCC3CC3)CC[C@@H]21. The minimum Gasteiger partial charge on any atom is -0.378 e. The van der Waals surface area contributed by atoms with Gasteiger partial charge in [0.05, 0.1) is 36.6 Å². The Morgan fingerprint density at radius 2 is 2.17 bits per heavy atom. The molecule has 5 nitrogen and oxygen atoms in total. The van der Waals surface area contributed by atoms with Crippen LogP contribution in [0.5, 0.6) is 0 Å². The van der Waals surface area contributed by atoms with Gasteiger partial charge in [0.2, 0.25) is 0 Å². The van der Waals surface area contributed by atoms with Gasteiger partial charge in [-0.05, 0) is 44.1 Å². The summed E-state index contributed by atoms with van der Waals surface area (Å²) in [6.45, 7) is 2.11. The molecule has 0 spiro atoms. The van der Waals surface area contributed by atoms with Crippen LogP contribution in [-0.4, -0.2) is 53.8 Å². The molecule has 2 saturated heterocycles. The van der Waals surface area contributed by atoms with Gasteiger partial charge in [-0.2, -0.15) is 0 Å². The molecular weight excluding hydrogens is 311 g/mol. The molecule has 0 radical (unpaired) electrons. The molecule has 130 valence electrons. The summed E-state index contributed by atoms with van der Waals surface area (Å²) in [6.07, 6.45) is 7.87. The monoisotopic (exact) mass is 334 g/mol. The first-order valence-corrected chi connectivity index (χ1v) is 8.86. The van der Waals surface area contributed by atoms with Gasteiger partial charge in [-0.15, -0.1) is 0 Å². The van der Waals surface area contributed by atoms with E-state index in [1.165, 1.54) is 25.1 Å². The number of aromatic nitrogens is 1. The molecule has 3 heterocycles. The van der Waals surface area contributed by atoms with E-state index in [-0.39, 0.29) is 29.7 Å². The second-order valence-electron chi connectivity index (χ2n) is 7.06. The van der Waals surface area contributed by atoms with E-state index >= 15 is 0 Å². The molecule has 1 aromatic rings. The normalized spacial score (nSPS) is 29.5. The molecule has 3 aliphatic rings. The van der Waals surface area contributed by atoms with Crippen molar-refractivity contribution in [2.75, 3.05) is 19.8 Å². The lowest BCUT2D eigenvalue weighted by Gasteiger charge is -2.36. The third-order valence-corrected chi connectivity index (χ3v) is 5.25. The third-order valence-electron chi connectivity index (χ3n) is 5.25. The topological polar surface area (TPSA) is 51.7 Å². The number of likely N-dealkylation sites (tertiary alicyclic amines) is 1. The smallest absolute Gasteiger partial charge is 0.257 e. The van der Waals surface area contributed by atoms with Gasteiger partial charge < -0.3 is 14.4 Å². The molecule has 24 heavy (non-hydrogen) atoms. The second kappa shape index (κ2) is 6.76. The fourth-order valence-corrected chi connectivity index (χ4v) is 3.73. The van der Waals surface area contributed by atoms with Gasteiger partial charge in [0.1, 0.15) is 0 Å². The van der Waals surface area contributed by atoms with E-state index in [9.17, 15) is 9.18 Å². The summed E-state index contributed by atoms with van der Waals surface area (Å²) in [5, 5.41) is 0. The molecule has 1 aromatic heterocycles. The Bertz CT molecular complexity index is 608. The number of hydrogen-bond donors (Lipinski definition) is 0. The fraction of sp³-hybridized carbons (Fsp3) is 0.667. The molecule has 0 bridgehead atoms. The molecule has 3 atom stereocenters. The molecule has 0 aromatic carbocycles. The Balaban J connectivity index is 1.34. The lowest BCUT2D eigenvalue weighted by molar-refractivity contribution is -0.0973. The lowest BCUT2D eigenvalue weighted by Crippen LogP contribution is -2.46. The van der Waals surface area contributed by atoms with Crippen LogP contribution in [0.2, 0.25) is 0 Å². The first kappa shape index (κ1) is 16.0. The van der Waals surface area contributed by atoms with Crippen molar-refractivity contribution < 1.29 is 18.7 Å². The highest BCUT2D eigenvalue weighted by Crippen LogP contribution is 2.33. The number of pyridine rings is 1. The van der Waals surface area contributed by atoms with E-state index in [4.69, 9.17) is 9.47 Å².